The Labute approximate surface area is 222 Å². The van der Waals surface area contributed by atoms with Crippen molar-refractivity contribution in [2.45, 2.75) is 111 Å². The van der Waals surface area contributed by atoms with Crippen LogP contribution in [-0.4, -0.2) is 49.2 Å². The predicted molar refractivity (Wildman–Crippen MR) is 150 cm³/mol. The molecule has 0 bridgehead atoms. The standard InChI is InChI=1S/C32H56N2O2/c1-22(20-30(36)33-18-19-34(5)6)8-7-9-23(2)27-12-13-28-26-11-10-24-21-25(35)14-16-31(24,3)29(26)15-17-32(27,28)4/h10,22-23,25-29,35H,7-9,11-21H2,1-6H3,(H,33,36)/t22?,23?,25-,26-,27+,28-,29-,31-,32+/m0/s1. The lowest BCUT2D eigenvalue weighted by Gasteiger charge is -2.58. The number of hydrogen-bond acceptors (Lipinski definition) is 3. The van der Waals surface area contributed by atoms with Crippen LogP contribution in [0.15, 0.2) is 11.6 Å². The Morgan fingerprint density at radius 1 is 1.11 bits per heavy atom. The second-order valence-electron chi connectivity index (χ2n) is 14.3. The fraction of sp³-hybridized carbons (Fsp3) is 0.906. The van der Waals surface area contributed by atoms with E-state index in [4.69, 9.17) is 0 Å². The Balaban J connectivity index is 1.28. The number of amides is 1. The van der Waals surface area contributed by atoms with E-state index in [1.165, 1.54) is 57.8 Å². The lowest BCUT2D eigenvalue weighted by atomic mass is 9.47. The summed E-state index contributed by atoms with van der Waals surface area (Å²) in [7, 11) is 4.08. The maximum absolute atomic E-state index is 12.2. The van der Waals surface area contributed by atoms with Crippen molar-refractivity contribution in [1.82, 2.24) is 10.2 Å². The minimum Gasteiger partial charge on any atom is -0.393 e. The van der Waals surface area contributed by atoms with Crippen LogP contribution in [0.3, 0.4) is 0 Å². The van der Waals surface area contributed by atoms with Gasteiger partial charge in [-0.1, -0.05) is 58.6 Å². The average molecular weight is 501 g/mol. The van der Waals surface area contributed by atoms with Gasteiger partial charge < -0.3 is 15.3 Å². The van der Waals surface area contributed by atoms with Crippen molar-refractivity contribution in [1.29, 1.82) is 0 Å². The van der Waals surface area contributed by atoms with Crippen LogP contribution in [0.4, 0.5) is 0 Å². The molecule has 3 saturated carbocycles. The number of carbonyl (C=O) groups is 1. The molecule has 0 spiro atoms. The van der Waals surface area contributed by atoms with Gasteiger partial charge in [0.25, 0.3) is 0 Å². The molecule has 4 heteroatoms. The Bertz CT molecular complexity index is 793. The maximum atomic E-state index is 12.2. The molecular formula is C32H56N2O2. The van der Waals surface area contributed by atoms with Crippen molar-refractivity contribution in [3.05, 3.63) is 11.6 Å². The van der Waals surface area contributed by atoms with Crippen LogP contribution in [0.25, 0.3) is 0 Å². The average Bonchev–Trinajstić information content (AvgIpc) is 3.16. The summed E-state index contributed by atoms with van der Waals surface area (Å²) in [5, 5.41) is 13.4. The fourth-order valence-corrected chi connectivity index (χ4v) is 9.52. The number of rotatable bonds is 10. The molecule has 9 atom stereocenters. The van der Waals surface area contributed by atoms with Crippen LogP contribution in [0, 0.1) is 46.3 Å². The number of hydrogen-bond donors (Lipinski definition) is 2. The van der Waals surface area contributed by atoms with Gasteiger partial charge in [0.05, 0.1) is 6.10 Å². The first-order valence-electron chi connectivity index (χ1n) is 15.3. The van der Waals surface area contributed by atoms with Crippen molar-refractivity contribution in [2.75, 3.05) is 27.2 Å². The van der Waals surface area contributed by atoms with Crippen LogP contribution in [0.1, 0.15) is 105 Å². The van der Waals surface area contributed by atoms with E-state index >= 15 is 0 Å². The fourth-order valence-electron chi connectivity index (χ4n) is 9.52. The lowest BCUT2D eigenvalue weighted by Crippen LogP contribution is -2.50. The van der Waals surface area contributed by atoms with E-state index in [1.54, 1.807) is 5.57 Å². The Morgan fingerprint density at radius 3 is 2.64 bits per heavy atom. The zero-order valence-electron chi connectivity index (χ0n) is 24.3. The van der Waals surface area contributed by atoms with E-state index in [0.717, 1.165) is 55.5 Å². The highest BCUT2D eigenvalue weighted by Crippen LogP contribution is 2.67. The quantitative estimate of drug-likeness (QED) is 0.340. The van der Waals surface area contributed by atoms with E-state index in [9.17, 15) is 9.90 Å². The molecule has 0 saturated heterocycles. The van der Waals surface area contributed by atoms with Gasteiger partial charge in [0.2, 0.25) is 5.91 Å². The normalized spacial score (nSPS) is 39.6. The van der Waals surface area contributed by atoms with Crippen molar-refractivity contribution >= 4 is 5.91 Å². The van der Waals surface area contributed by atoms with Crippen molar-refractivity contribution < 1.29 is 9.90 Å². The molecule has 0 radical (unpaired) electrons. The molecule has 4 rings (SSSR count). The second-order valence-corrected chi connectivity index (χ2v) is 14.3. The largest absolute Gasteiger partial charge is 0.393 e. The van der Waals surface area contributed by atoms with Crippen molar-refractivity contribution in [3.63, 3.8) is 0 Å². The zero-order chi connectivity index (χ0) is 26.1. The zero-order valence-corrected chi connectivity index (χ0v) is 24.3. The van der Waals surface area contributed by atoms with Crippen LogP contribution in [0.5, 0.6) is 0 Å². The van der Waals surface area contributed by atoms with Crippen LogP contribution in [-0.2, 0) is 4.79 Å². The summed E-state index contributed by atoms with van der Waals surface area (Å²) in [5.41, 5.74) is 2.45. The smallest absolute Gasteiger partial charge is 0.220 e. The van der Waals surface area contributed by atoms with Crippen molar-refractivity contribution in [3.8, 4) is 0 Å². The van der Waals surface area contributed by atoms with Gasteiger partial charge in [0.15, 0.2) is 0 Å². The van der Waals surface area contributed by atoms with E-state index in [-0.39, 0.29) is 12.0 Å². The molecule has 2 unspecified atom stereocenters. The number of nitrogens with zero attached hydrogens (tertiary/aromatic N) is 1. The summed E-state index contributed by atoms with van der Waals surface area (Å²) in [6, 6.07) is 0. The molecule has 1 amide bonds. The van der Waals surface area contributed by atoms with Gasteiger partial charge in [-0.15, -0.1) is 0 Å². The molecule has 0 heterocycles. The Kier molecular flexibility index (Phi) is 8.97. The minimum atomic E-state index is -0.105. The molecule has 0 aromatic heterocycles. The molecule has 2 N–H and O–H groups in total. The first-order valence-corrected chi connectivity index (χ1v) is 15.3. The highest BCUT2D eigenvalue weighted by molar-refractivity contribution is 5.76. The summed E-state index contributed by atoms with van der Waals surface area (Å²) in [6.45, 7) is 11.6. The summed E-state index contributed by atoms with van der Waals surface area (Å²) >= 11 is 0. The molecule has 4 nitrogen and oxygen atoms in total. The Hall–Kier alpha value is -0.870. The molecule has 0 aromatic rings. The minimum absolute atomic E-state index is 0.105. The molecule has 4 aliphatic rings. The molecule has 0 aliphatic heterocycles. The number of fused-ring (bicyclic) bond motifs is 5. The third-order valence-electron chi connectivity index (χ3n) is 11.6. The predicted octanol–water partition coefficient (Wildman–Crippen LogP) is 6.44. The Morgan fingerprint density at radius 2 is 1.89 bits per heavy atom. The second kappa shape index (κ2) is 11.5. The van der Waals surface area contributed by atoms with Crippen LogP contribution >= 0.6 is 0 Å². The lowest BCUT2D eigenvalue weighted by molar-refractivity contribution is -0.121. The van der Waals surface area contributed by atoms with Gasteiger partial charge in [-0.2, -0.15) is 0 Å². The summed E-state index contributed by atoms with van der Waals surface area (Å²) < 4.78 is 0. The highest BCUT2D eigenvalue weighted by atomic mass is 16.3. The monoisotopic (exact) mass is 500 g/mol. The van der Waals surface area contributed by atoms with Crippen LogP contribution < -0.4 is 5.32 Å². The third-order valence-corrected chi connectivity index (χ3v) is 11.6. The number of likely N-dealkylation sites (N-methyl/N-ethyl adjacent to an activating group) is 1. The van der Waals surface area contributed by atoms with Gasteiger partial charge in [0.1, 0.15) is 0 Å². The van der Waals surface area contributed by atoms with Gasteiger partial charge in [0, 0.05) is 19.5 Å². The van der Waals surface area contributed by atoms with E-state index in [1.807, 2.05) is 14.1 Å². The van der Waals surface area contributed by atoms with Crippen LogP contribution in [0.2, 0.25) is 0 Å². The topological polar surface area (TPSA) is 52.6 Å². The number of aliphatic hydroxyl groups excluding tert-OH is 1. The summed E-state index contributed by atoms with van der Waals surface area (Å²) in [4.78, 5) is 14.3. The van der Waals surface area contributed by atoms with E-state index < -0.39 is 0 Å². The molecule has 36 heavy (non-hydrogen) atoms. The summed E-state index contributed by atoms with van der Waals surface area (Å²) in [5.74, 6) is 4.91. The van der Waals surface area contributed by atoms with Crippen molar-refractivity contribution in [2.24, 2.45) is 46.3 Å². The molecular weight excluding hydrogens is 444 g/mol. The van der Waals surface area contributed by atoms with E-state index in [2.05, 4.69) is 44.0 Å². The number of aliphatic hydroxyl groups is 1. The number of nitrogens with one attached hydrogen (secondary N) is 1. The first-order chi connectivity index (χ1) is 17.0. The highest BCUT2D eigenvalue weighted by Gasteiger charge is 2.59. The molecule has 0 aromatic carbocycles. The number of allylic oxidation sites excluding steroid dienone is 1. The first kappa shape index (κ1) is 28.1. The maximum Gasteiger partial charge on any atom is 0.220 e. The number of carbonyl (C=O) groups excluding carboxylic acids is 1. The van der Waals surface area contributed by atoms with Gasteiger partial charge in [-0.25, -0.2) is 0 Å². The van der Waals surface area contributed by atoms with Gasteiger partial charge in [-0.3, -0.25) is 4.79 Å². The third kappa shape index (κ3) is 5.75. The van der Waals surface area contributed by atoms with Gasteiger partial charge in [-0.05, 0) is 112 Å². The SMILES string of the molecule is CC(CCCC(C)[C@H]1CC[C@H]2[C@@H]3CC=C4C[C@@H](O)CC[C@]4(C)[C@H]3CC[C@]12C)CC(=O)NCCN(C)C. The molecule has 3 fully saturated rings. The summed E-state index contributed by atoms with van der Waals surface area (Å²) in [6.07, 6.45) is 16.9. The van der Waals surface area contributed by atoms with E-state index in [0.29, 0.717) is 23.2 Å². The molecule has 4 aliphatic carbocycles. The molecule has 206 valence electrons. The van der Waals surface area contributed by atoms with Gasteiger partial charge >= 0.3 is 0 Å².